The molecule has 3 aromatic carbocycles. The van der Waals surface area contributed by atoms with Crippen molar-refractivity contribution in [3.05, 3.63) is 82.3 Å². The molecule has 0 spiro atoms. The fourth-order valence-corrected chi connectivity index (χ4v) is 4.76. The maximum absolute atomic E-state index is 12.9. The van der Waals surface area contributed by atoms with Crippen molar-refractivity contribution in [2.45, 2.75) is 62.2 Å². The molecule has 0 atom stereocenters. The minimum atomic E-state index is -3.54. The molecule has 0 amide bonds. The van der Waals surface area contributed by atoms with Crippen molar-refractivity contribution in [2.75, 3.05) is 0 Å². The van der Waals surface area contributed by atoms with E-state index in [1.807, 2.05) is 12.1 Å². The van der Waals surface area contributed by atoms with E-state index >= 15 is 0 Å². The molecule has 0 fully saturated rings. The van der Waals surface area contributed by atoms with E-state index in [1.54, 1.807) is 36.4 Å². The van der Waals surface area contributed by atoms with Crippen molar-refractivity contribution in [1.29, 1.82) is 0 Å². The van der Waals surface area contributed by atoms with Gasteiger partial charge in [0.2, 0.25) is 9.84 Å². The Morgan fingerprint density at radius 3 is 1.40 bits per heavy atom. The van der Waals surface area contributed by atoms with E-state index in [4.69, 9.17) is 0 Å². The molecule has 3 aromatic rings. The van der Waals surface area contributed by atoms with Gasteiger partial charge < -0.3 is 0 Å². The lowest BCUT2D eigenvalue weighted by Crippen LogP contribution is -2.16. The SMILES string of the molecule is CC(C)(C)c1cc(-c2ccc(S(=O)(=O)c3ccc(Br)cc3)cc2)cc(C(C)(C)C)c1. The van der Waals surface area contributed by atoms with E-state index in [1.165, 1.54) is 11.1 Å². The lowest BCUT2D eigenvalue weighted by Gasteiger charge is -2.26. The van der Waals surface area contributed by atoms with Gasteiger partial charge in [-0.05, 0) is 69.5 Å². The number of hydrogen-bond acceptors (Lipinski definition) is 2. The molecule has 0 saturated heterocycles. The highest BCUT2D eigenvalue weighted by molar-refractivity contribution is 9.10. The summed E-state index contributed by atoms with van der Waals surface area (Å²) in [6.45, 7) is 13.3. The average molecular weight is 485 g/mol. The van der Waals surface area contributed by atoms with Crippen LogP contribution in [-0.4, -0.2) is 8.42 Å². The molecule has 3 rings (SSSR count). The molecule has 0 radical (unpaired) electrons. The molecule has 0 unspecified atom stereocenters. The Kier molecular flexibility index (Phi) is 6.05. The number of benzene rings is 3. The van der Waals surface area contributed by atoms with E-state index in [-0.39, 0.29) is 10.8 Å². The lowest BCUT2D eigenvalue weighted by atomic mass is 9.79. The third-order valence-corrected chi connectivity index (χ3v) is 7.60. The number of hydrogen-bond donors (Lipinski definition) is 0. The predicted octanol–water partition coefficient (Wildman–Crippen LogP) is 7.54. The van der Waals surface area contributed by atoms with E-state index in [0.29, 0.717) is 9.79 Å². The summed E-state index contributed by atoms with van der Waals surface area (Å²) < 4.78 is 26.7. The molecule has 0 N–H and O–H groups in total. The normalized spacial score (nSPS) is 12.8. The topological polar surface area (TPSA) is 34.1 Å². The molecule has 0 aromatic heterocycles. The van der Waals surface area contributed by atoms with Crippen LogP contribution in [0.5, 0.6) is 0 Å². The third-order valence-electron chi connectivity index (χ3n) is 5.29. The van der Waals surface area contributed by atoms with Crippen LogP contribution in [0, 0.1) is 0 Å². The van der Waals surface area contributed by atoms with Crippen LogP contribution < -0.4 is 0 Å². The fourth-order valence-electron chi connectivity index (χ4n) is 3.24. The van der Waals surface area contributed by atoms with Gasteiger partial charge in [-0.15, -0.1) is 0 Å². The third kappa shape index (κ3) is 4.87. The van der Waals surface area contributed by atoms with Gasteiger partial charge in [0.05, 0.1) is 9.79 Å². The molecular formula is C26H29BrO2S. The van der Waals surface area contributed by atoms with Crippen molar-refractivity contribution >= 4 is 25.8 Å². The van der Waals surface area contributed by atoms with Crippen molar-refractivity contribution in [2.24, 2.45) is 0 Å². The minimum absolute atomic E-state index is 0.0286. The maximum atomic E-state index is 12.9. The molecular weight excluding hydrogens is 456 g/mol. The van der Waals surface area contributed by atoms with Gasteiger partial charge in [0.25, 0.3) is 0 Å². The second-order valence-corrected chi connectivity index (χ2v) is 12.6. The van der Waals surface area contributed by atoms with Gasteiger partial charge in [0.1, 0.15) is 0 Å². The van der Waals surface area contributed by atoms with Crippen LogP contribution in [0.25, 0.3) is 11.1 Å². The van der Waals surface area contributed by atoms with E-state index in [0.717, 1.165) is 15.6 Å². The zero-order chi connectivity index (χ0) is 22.3. The van der Waals surface area contributed by atoms with Crippen LogP contribution in [0.2, 0.25) is 0 Å². The molecule has 0 heterocycles. The lowest BCUT2D eigenvalue weighted by molar-refractivity contribution is 0.569. The van der Waals surface area contributed by atoms with Crippen molar-refractivity contribution < 1.29 is 8.42 Å². The van der Waals surface area contributed by atoms with Crippen LogP contribution in [0.1, 0.15) is 52.7 Å². The summed E-state index contributed by atoms with van der Waals surface area (Å²) in [5.74, 6) is 0. The van der Waals surface area contributed by atoms with Crippen LogP contribution in [0.4, 0.5) is 0 Å². The number of rotatable bonds is 3. The molecule has 2 nitrogen and oxygen atoms in total. The smallest absolute Gasteiger partial charge is 0.206 e. The summed E-state index contributed by atoms with van der Waals surface area (Å²) in [6, 6.07) is 20.7. The number of sulfone groups is 1. The first-order valence-electron chi connectivity index (χ1n) is 10.1. The summed E-state index contributed by atoms with van der Waals surface area (Å²) >= 11 is 3.35. The van der Waals surface area contributed by atoms with Gasteiger partial charge >= 0.3 is 0 Å². The first-order chi connectivity index (χ1) is 13.8. The Morgan fingerprint density at radius 2 is 1.00 bits per heavy atom. The standard InChI is InChI=1S/C26H29BrO2S/c1-25(2,3)20-15-19(16-21(17-20)26(4,5)6)18-7-11-23(12-8-18)30(28,29)24-13-9-22(27)10-14-24/h7-17H,1-6H3. The second kappa shape index (κ2) is 7.97. The Balaban J connectivity index is 2.05. The van der Waals surface area contributed by atoms with E-state index in [2.05, 4.69) is 75.7 Å². The molecule has 0 aliphatic heterocycles. The highest BCUT2D eigenvalue weighted by atomic mass is 79.9. The summed E-state index contributed by atoms with van der Waals surface area (Å²) in [4.78, 5) is 0.597. The van der Waals surface area contributed by atoms with Crippen LogP contribution in [0.15, 0.2) is 81.0 Å². The number of halogens is 1. The molecule has 0 aliphatic rings. The van der Waals surface area contributed by atoms with Gasteiger partial charge in [0.15, 0.2) is 0 Å². The van der Waals surface area contributed by atoms with Gasteiger partial charge in [0, 0.05) is 4.47 Å². The summed E-state index contributed by atoms with van der Waals surface area (Å²) in [7, 11) is -3.54. The molecule has 0 saturated carbocycles. The largest absolute Gasteiger partial charge is 0.219 e. The average Bonchev–Trinajstić information content (AvgIpc) is 2.67. The van der Waals surface area contributed by atoms with Crippen LogP contribution >= 0.6 is 15.9 Å². The first-order valence-corrected chi connectivity index (χ1v) is 12.3. The second-order valence-electron chi connectivity index (χ2n) is 9.78. The zero-order valence-corrected chi connectivity index (χ0v) is 20.9. The first kappa shape index (κ1) is 22.8. The molecule has 158 valence electrons. The Hall–Kier alpha value is -1.91. The zero-order valence-electron chi connectivity index (χ0n) is 18.5. The molecule has 0 bridgehead atoms. The Labute approximate surface area is 189 Å². The van der Waals surface area contributed by atoms with Gasteiger partial charge in [-0.3, -0.25) is 0 Å². The van der Waals surface area contributed by atoms with Gasteiger partial charge in [-0.2, -0.15) is 0 Å². The predicted molar refractivity (Wildman–Crippen MR) is 129 cm³/mol. The van der Waals surface area contributed by atoms with E-state index < -0.39 is 9.84 Å². The maximum Gasteiger partial charge on any atom is 0.206 e. The minimum Gasteiger partial charge on any atom is -0.219 e. The van der Waals surface area contributed by atoms with Gasteiger partial charge in [-0.1, -0.05) is 87.8 Å². The molecule has 4 heteroatoms. The van der Waals surface area contributed by atoms with E-state index in [9.17, 15) is 8.42 Å². The van der Waals surface area contributed by atoms with Crippen molar-refractivity contribution in [1.82, 2.24) is 0 Å². The van der Waals surface area contributed by atoms with Gasteiger partial charge in [-0.25, -0.2) is 8.42 Å². The highest BCUT2D eigenvalue weighted by Gasteiger charge is 2.22. The monoisotopic (exact) mass is 484 g/mol. The summed E-state index contributed by atoms with van der Waals surface area (Å²) in [5, 5.41) is 0. The van der Waals surface area contributed by atoms with Crippen LogP contribution in [-0.2, 0) is 20.7 Å². The molecule has 0 aliphatic carbocycles. The highest BCUT2D eigenvalue weighted by Crippen LogP contribution is 2.34. The summed E-state index contributed by atoms with van der Waals surface area (Å²) in [6.07, 6.45) is 0. The Bertz CT molecular complexity index is 1110. The molecule has 30 heavy (non-hydrogen) atoms. The quantitative estimate of drug-likeness (QED) is 0.384. The van der Waals surface area contributed by atoms with Crippen molar-refractivity contribution in [3.8, 4) is 11.1 Å². The fraction of sp³-hybridized carbons (Fsp3) is 0.308. The van der Waals surface area contributed by atoms with Crippen molar-refractivity contribution in [3.63, 3.8) is 0 Å². The van der Waals surface area contributed by atoms with Crippen LogP contribution in [0.3, 0.4) is 0 Å². The summed E-state index contributed by atoms with van der Waals surface area (Å²) in [5.41, 5.74) is 4.73. The Morgan fingerprint density at radius 1 is 0.600 bits per heavy atom.